The Hall–Kier alpha value is -0.870. The fraction of sp³-hybridized carbons (Fsp3) is 0.750. The highest BCUT2D eigenvalue weighted by Gasteiger charge is 2.20. The molecular weight excluding hydrogens is 202 g/mol. The highest BCUT2D eigenvalue weighted by Crippen LogP contribution is 2.12. The first-order valence-electron chi connectivity index (χ1n) is 5.95. The van der Waals surface area contributed by atoms with Gasteiger partial charge in [-0.25, -0.2) is 0 Å². The number of hydrogen-bond acceptors (Lipinski definition) is 3. The Morgan fingerprint density at radius 1 is 1.56 bits per heavy atom. The molecule has 1 rings (SSSR count). The third-order valence-corrected chi connectivity index (χ3v) is 2.98. The van der Waals surface area contributed by atoms with Crippen LogP contribution in [-0.2, 0) is 6.54 Å². The van der Waals surface area contributed by atoms with E-state index in [-0.39, 0.29) is 12.1 Å². The number of aryl methyl sites for hydroxylation is 2. The van der Waals surface area contributed by atoms with E-state index in [1.807, 2.05) is 16.9 Å². The first kappa shape index (κ1) is 13.2. The summed E-state index contributed by atoms with van der Waals surface area (Å²) in [6, 6.07) is 2.01. The Bertz CT molecular complexity index is 311. The summed E-state index contributed by atoms with van der Waals surface area (Å²) in [6.07, 6.45) is 3.80. The Morgan fingerprint density at radius 2 is 2.31 bits per heavy atom. The van der Waals surface area contributed by atoms with Crippen molar-refractivity contribution < 1.29 is 5.11 Å². The predicted octanol–water partition coefficient (Wildman–Crippen LogP) is 1.33. The molecule has 0 aliphatic carbocycles. The van der Waals surface area contributed by atoms with E-state index in [0.717, 1.165) is 25.9 Å². The van der Waals surface area contributed by atoms with Crippen LogP contribution in [0.15, 0.2) is 12.3 Å². The molecule has 0 bridgehead atoms. The molecule has 0 aliphatic heterocycles. The van der Waals surface area contributed by atoms with Gasteiger partial charge in [0.25, 0.3) is 0 Å². The minimum Gasteiger partial charge on any atom is -0.394 e. The van der Waals surface area contributed by atoms with Crippen LogP contribution >= 0.6 is 0 Å². The molecular formula is C12H23N3O. The Kier molecular flexibility index (Phi) is 4.96. The van der Waals surface area contributed by atoms with Crippen LogP contribution in [0, 0.1) is 6.92 Å². The zero-order valence-corrected chi connectivity index (χ0v) is 10.5. The standard InChI is InChI=1S/C12H23N3O/c1-4-13-12(3,10-16)7-5-9-15-11(2)6-8-14-15/h6,8,13,16H,4-5,7,9-10H2,1-3H3. The van der Waals surface area contributed by atoms with Crippen LogP contribution < -0.4 is 5.32 Å². The molecule has 4 nitrogen and oxygen atoms in total. The van der Waals surface area contributed by atoms with Crippen molar-refractivity contribution in [3.63, 3.8) is 0 Å². The molecule has 0 aromatic carbocycles. The van der Waals surface area contributed by atoms with Gasteiger partial charge < -0.3 is 10.4 Å². The van der Waals surface area contributed by atoms with Gasteiger partial charge in [0.2, 0.25) is 0 Å². The fourth-order valence-electron chi connectivity index (χ4n) is 1.90. The zero-order chi connectivity index (χ0) is 12.0. The summed E-state index contributed by atoms with van der Waals surface area (Å²) in [5.41, 5.74) is 1.03. The summed E-state index contributed by atoms with van der Waals surface area (Å²) in [5, 5.41) is 16.9. The van der Waals surface area contributed by atoms with Gasteiger partial charge in [-0.2, -0.15) is 5.10 Å². The fourth-order valence-corrected chi connectivity index (χ4v) is 1.90. The molecule has 1 aromatic rings. The normalized spacial score (nSPS) is 15.0. The lowest BCUT2D eigenvalue weighted by Gasteiger charge is -2.28. The van der Waals surface area contributed by atoms with E-state index in [1.54, 1.807) is 0 Å². The summed E-state index contributed by atoms with van der Waals surface area (Å²) >= 11 is 0. The number of hydrogen-bond donors (Lipinski definition) is 2. The molecule has 0 saturated carbocycles. The van der Waals surface area contributed by atoms with Crippen LogP contribution in [0.1, 0.15) is 32.4 Å². The summed E-state index contributed by atoms with van der Waals surface area (Å²) in [5.74, 6) is 0. The van der Waals surface area contributed by atoms with Crippen molar-refractivity contribution in [3.05, 3.63) is 18.0 Å². The summed E-state index contributed by atoms with van der Waals surface area (Å²) in [7, 11) is 0. The van der Waals surface area contributed by atoms with Gasteiger partial charge in [-0.15, -0.1) is 0 Å². The predicted molar refractivity (Wildman–Crippen MR) is 65.4 cm³/mol. The first-order valence-corrected chi connectivity index (χ1v) is 5.95. The number of nitrogens with one attached hydrogen (secondary N) is 1. The number of aliphatic hydroxyl groups is 1. The van der Waals surface area contributed by atoms with Gasteiger partial charge in [0.15, 0.2) is 0 Å². The molecule has 92 valence electrons. The molecule has 1 unspecified atom stereocenters. The van der Waals surface area contributed by atoms with E-state index in [4.69, 9.17) is 0 Å². The maximum absolute atomic E-state index is 9.34. The lowest BCUT2D eigenvalue weighted by atomic mass is 9.97. The molecule has 2 N–H and O–H groups in total. The van der Waals surface area contributed by atoms with Crippen molar-refractivity contribution in [1.82, 2.24) is 15.1 Å². The maximum atomic E-state index is 9.34. The number of aliphatic hydroxyl groups excluding tert-OH is 1. The van der Waals surface area contributed by atoms with Crippen molar-refractivity contribution in [3.8, 4) is 0 Å². The van der Waals surface area contributed by atoms with Gasteiger partial charge in [0.1, 0.15) is 0 Å². The molecule has 1 aromatic heterocycles. The first-order chi connectivity index (χ1) is 7.61. The molecule has 0 fully saturated rings. The lowest BCUT2D eigenvalue weighted by molar-refractivity contribution is 0.163. The van der Waals surface area contributed by atoms with Crippen molar-refractivity contribution in [2.45, 2.75) is 45.7 Å². The average molecular weight is 225 g/mol. The maximum Gasteiger partial charge on any atom is 0.0610 e. The largest absolute Gasteiger partial charge is 0.394 e. The summed E-state index contributed by atoms with van der Waals surface area (Å²) in [4.78, 5) is 0. The molecule has 16 heavy (non-hydrogen) atoms. The molecule has 0 saturated heterocycles. The third kappa shape index (κ3) is 3.61. The van der Waals surface area contributed by atoms with Gasteiger partial charge in [0, 0.05) is 24.0 Å². The Labute approximate surface area is 97.7 Å². The molecule has 0 spiro atoms. The van der Waals surface area contributed by atoms with Crippen LogP contribution in [0.3, 0.4) is 0 Å². The Balaban J connectivity index is 2.36. The van der Waals surface area contributed by atoms with E-state index < -0.39 is 0 Å². The lowest BCUT2D eigenvalue weighted by Crippen LogP contribution is -2.45. The minimum atomic E-state index is -0.157. The van der Waals surface area contributed by atoms with E-state index in [1.165, 1.54) is 5.69 Å². The smallest absolute Gasteiger partial charge is 0.0610 e. The zero-order valence-electron chi connectivity index (χ0n) is 10.5. The van der Waals surface area contributed by atoms with Crippen molar-refractivity contribution in [1.29, 1.82) is 0 Å². The number of rotatable bonds is 7. The highest BCUT2D eigenvalue weighted by atomic mass is 16.3. The number of aromatic nitrogens is 2. The van der Waals surface area contributed by atoms with E-state index in [9.17, 15) is 5.11 Å². The Morgan fingerprint density at radius 3 is 2.81 bits per heavy atom. The van der Waals surface area contributed by atoms with E-state index >= 15 is 0 Å². The molecule has 0 amide bonds. The van der Waals surface area contributed by atoms with Gasteiger partial charge in [0.05, 0.1) is 6.61 Å². The molecule has 1 heterocycles. The van der Waals surface area contributed by atoms with Gasteiger partial charge in [-0.05, 0) is 39.3 Å². The van der Waals surface area contributed by atoms with Crippen molar-refractivity contribution >= 4 is 0 Å². The second-order valence-corrected chi connectivity index (χ2v) is 4.55. The van der Waals surface area contributed by atoms with Gasteiger partial charge >= 0.3 is 0 Å². The second-order valence-electron chi connectivity index (χ2n) is 4.55. The monoisotopic (exact) mass is 225 g/mol. The van der Waals surface area contributed by atoms with E-state index in [2.05, 4.69) is 31.2 Å². The minimum absolute atomic E-state index is 0.157. The quantitative estimate of drug-likeness (QED) is 0.736. The van der Waals surface area contributed by atoms with Crippen molar-refractivity contribution in [2.75, 3.05) is 13.2 Å². The van der Waals surface area contributed by atoms with Gasteiger partial charge in [-0.1, -0.05) is 6.92 Å². The van der Waals surface area contributed by atoms with Crippen LogP contribution in [-0.4, -0.2) is 33.6 Å². The average Bonchev–Trinajstić information content (AvgIpc) is 2.65. The van der Waals surface area contributed by atoms with E-state index in [0.29, 0.717) is 0 Å². The van der Waals surface area contributed by atoms with Crippen LogP contribution in [0.25, 0.3) is 0 Å². The molecule has 4 heteroatoms. The number of nitrogens with zero attached hydrogens (tertiary/aromatic N) is 2. The van der Waals surface area contributed by atoms with Crippen LogP contribution in [0.4, 0.5) is 0 Å². The van der Waals surface area contributed by atoms with Crippen LogP contribution in [0.2, 0.25) is 0 Å². The second kappa shape index (κ2) is 6.01. The molecule has 1 atom stereocenters. The molecule has 0 aliphatic rings. The molecule has 0 radical (unpaired) electrons. The summed E-state index contributed by atoms with van der Waals surface area (Å²) < 4.78 is 2.00. The number of likely N-dealkylation sites (N-methyl/N-ethyl adjacent to an activating group) is 1. The van der Waals surface area contributed by atoms with Crippen molar-refractivity contribution in [2.24, 2.45) is 0 Å². The topological polar surface area (TPSA) is 50.1 Å². The van der Waals surface area contributed by atoms with Crippen LogP contribution in [0.5, 0.6) is 0 Å². The van der Waals surface area contributed by atoms with Gasteiger partial charge in [-0.3, -0.25) is 4.68 Å². The third-order valence-electron chi connectivity index (χ3n) is 2.98. The SMILES string of the molecule is CCNC(C)(CO)CCCn1nccc1C. The summed E-state index contributed by atoms with van der Waals surface area (Å²) in [6.45, 7) is 8.16. The highest BCUT2D eigenvalue weighted by molar-refractivity contribution is 4.96.